The molecule has 0 spiro atoms. The summed E-state index contributed by atoms with van der Waals surface area (Å²) in [5.41, 5.74) is 2.45. The summed E-state index contributed by atoms with van der Waals surface area (Å²) in [5, 5.41) is 2.36. The van der Waals surface area contributed by atoms with Crippen molar-refractivity contribution in [2.75, 3.05) is 5.75 Å². The van der Waals surface area contributed by atoms with Crippen molar-refractivity contribution in [3.63, 3.8) is 0 Å². The topological polar surface area (TPSA) is 35.0 Å². The van der Waals surface area contributed by atoms with Crippen molar-refractivity contribution in [1.82, 2.24) is 9.97 Å². The van der Waals surface area contributed by atoms with Gasteiger partial charge in [-0.1, -0.05) is 19.1 Å². The molecule has 118 valence electrons. The van der Waals surface area contributed by atoms with Gasteiger partial charge in [0.25, 0.3) is 0 Å². The number of aromatic nitrogens is 2. The summed E-state index contributed by atoms with van der Waals surface area (Å²) in [6.07, 6.45) is 1.79. The van der Waals surface area contributed by atoms with Crippen LogP contribution in [0.1, 0.15) is 44.0 Å². The van der Waals surface area contributed by atoms with Crippen molar-refractivity contribution < 1.29 is 4.74 Å². The minimum Gasteiger partial charge on any atom is -0.370 e. The maximum atomic E-state index is 5.96. The van der Waals surface area contributed by atoms with E-state index >= 15 is 0 Å². The Morgan fingerprint density at radius 1 is 1.41 bits per heavy atom. The van der Waals surface area contributed by atoms with Crippen LogP contribution in [0, 0.1) is 0 Å². The van der Waals surface area contributed by atoms with Gasteiger partial charge in [-0.15, -0.1) is 23.1 Å². The Bertz CT molecular complexity index is 734. The molecule has 0 aromatic carbocycles. The van der Waals surface area contributed by atoms with Gasteiger partial charge in [-0.2, -0.15) is 0 Å². The highest BCUT2D eigenvalue weighted by Crippen LogP contribution is 2.41. The van der Waals surface area contributed by atoms with Gasteiger partial charge < -0.3 is 4.74 Å². The molecule has 0 N–H and O–H groups in total. The molecule has 0 bridgehead atoms. The number of rotatable bonds is 4. The summed E-state index contributed by atoms with van der Waals surface area (Å²) in [5.74, 6) is 1.83. The third-order valence-electron chi connectivity index (χ3n) is 3.72. The first kappa shape index (κ1) is 16.0. The second-order valence-corrected chi connectivity index (χ2v) is 8.50. The van der Waals surface area contributed by atoms with Crippen LogP contribution in [0.3, 0.4) is 0 Å². The number of thioether (sulfide) groups is 1. The Labute approximate surface area is 140 Å². The lowest BCUT2D eigenvalue weighted by atomic mass is 9.94. The Hall–Kier alpha value is -0.910. The van der Waals surface area contributed by atoms with Crippen molar-refractivity contribution in [2.45, 2.75) is 57.8 Å². The SMILES string of the molecule is C=C(C)CSc1nc(CC)nc2sc3c(c12)CC(C)(C)OC3. The second-order valence-electron chi connectivity index (χ2n) is 6.45. The minimum absolute atomic E-state index is 0.110. The Kier molecular flexibility index (Phi) is 4.32. The highest BCUT2D eigenvalue weighted by Gasteiger charge is 2.30. The molecule has 22 heavy (non-hydrogen) atoms. The molecule has 0 saturated carbocycles. The van der Waals surface area contributed by atoms with Crippen molar-refractivity contribution in [3.05, 3.63) is 28.4 Å². The maximum Gasteiger partial charge on any atom is 0.131 e. The third kappa shape index (κ3) is 3.07. The van der Waals surface area contributed by atoms with Crippen LogP contribution in [0.2, 0.25) is 0 Å². The van der Waals surface area contributed by atoms with Crippen LogP contribution in [0.4, 0.5) is 0 Å². The minimum atomic E-state index is -0.110. The number of ether oxygens (including phenoxy) is 1. The van der Waals surface area contributed by atoms with E-state index in [1.807, 2.05) is 0 Å². The highest BCUT2D eigenvalue weighted by molar-refractivity contribution is 7.99. The van der Waals surface area contributed by atoms with E-state index in [1.165, 1.54) is 21.4 Å². The van der Waals surface area contributed by atoms with Crippen LogP contribution in [0.25, 0.3) is 10.2 Å². The lowest BCUT2D eigenvalue weighted by Crippen LogP contribution is -2.31. The van der Waals surface area contributed by atoms with Crippen molar-refractivity contribution in [2.24, 2.45) is 0 Å². The normalized spacial score (nSPS) is 16.7. The lowest BCUT2D eigenvalue weighted by molar-refractivity contribution is -0.0379. The molecule has 0 unspecified atom stereocenters. The quantitative estimate of drug-likeness (QED) is 0.458. The summed E-state index contributed by atoms with van der Waals surface area (Å²) in [6.45, 7) is 13.2. The summed E-state index contributed by atoms with van der Waals surface area (Å²) in [7, 11) is 0. The van der Waals surface area contributed by atoms with Crippen LogP contribution < -0.4 is 0 Å². The van der Waals surface area contributed by atoms with Gasteiger partial charge in [0.15, 0.2) is 0 Å². The molecule has 2 aromatic rings. The van der Waals surface area contributed by atoms with Crippen LogP contribution >= 0.6 is 23.1 Å². The first-order chi connectivity index (χ1) is 10.4. The van der Waals surface area contributed by atoms with Crippen LogP contribution in [-0.2, 0) is 24.2 Å². The number of nitrogens with zero attached hydrogens (tertiary/aromatic N) is 2. The standard InChI is InChI=1S/C17H22N2OS2/c1-6-13-18-15(21-9-10(2)3)14-11-7-17(4,5)20-8-12(11)22-16(14)19-13/h2,6-9H2,1,3-5H3. The molecule has 1 aliphatic heterocycles. The van der Waals surface area contributed by atoms with E-state index in [4.69, 9.17) is 14.7 Å². The third-order valence-corrected chi connectivity index (χ3v) is 6.02. The molecule has 0 atom stereocenters. The van der Waals surface area contributed by atoms with E-state index in [9.17, 15) is 0 Å². The summed E-state index contributed by atoms with van der Waals surface area (Å²) in [4.78, 5) is 12.0. The van der Waals surface area contributed by atoms with E-state index in [1.54, 1.807) is 23.1 Å². The number of fused-ring (bicyclic) bond motifs is 3. The van der Waals surface area contributed by atoms with Crippen molar-refractivity contribution in [1.29, 1.82) is 0 Å². The highest BCUT2D eigenvalue weighted by atomic mass is 32.2. The molecule has 3 nitrogen and oxygen atoms in total. The zero-order valence-electron chi connectivity index (χ0n) is 13.7. The van der Waals surface area contributed by atoms with Crippen molar-refractivity contribution >= 4 is 33.3 Å². The molecule has 3 rings (SSSR count). The molecule has 3 heterocycles. The molecular formula is C17H22N2OS2. The first-order valence-corrected chi connectivity index (χ1v) is 9.42. The summed E-state index contributed by atoms with van der Waals surface area (Å²) < 4.78 is 5.96. The van der Waals surface area contributed by atoms with E-state index in [-0.39, 0.29) is 5.60 Å². The fraction of sp³-hybridized carbons (Fsp3) is 0.529. The molecular weight excluding hydrogens is 312 g/mol. The first-order valence-electron chi connectivity index (χ1n) is 7.62. The largest absolute Gasteiger partial charge is 0.370 e. The van der Waals surface area contributed by atoms with Crippen LogP contribution in [0.15, 0.2) is 17.2 Å². The maximum absolute atomic E-state index is 5.96. The Balaban J connectivity index is 2.14. The fourth-order valence-corrected chi connectivity index (χ4v) is 4.71. The fourth-order valence-electron chi connectivity index (χ4n) is 2.61. The van der Waals surface area contributed by atoms with Gasteiger partial charge in [-0.05, 0) is 26.3 Å². The number of hydrogen-bond donors (Lipinski definition) is 0. The van der Waals surface area contributed by atoms with E-state index in [0.717, 1.165) is 34.3 Å². The lowest BCUT2D eigenvalue weighted by Gasteiger charge is -2.30. The predicted octanol–water partition coefficient (Wildman–Crippen LogP) is 4.77. The van der Waals surface area contributed by atoms with Gasteiger partial charge in [0.1, 0.15) is 15.7 Å². The van der Waals surface area contributed by atoms with Crippen LogP contribution in [0.5, 0.6) is 0 Å². The van der Waals surface area contributed by atoms with Gasteiger partial charge in [0, 0.05) is 28.9 Å². The predicted molar refractivity (Wildman–Crippen MR) is 94.9 cm³/mol. The molecule has 1 aliphatic rings. The zero-order chi connectivity index (χ0) is 15.9. The van der Waals surface area contributed by atoms with Gasteiger partial charge in [0.05, 0.1) is 12.2 Å². The van der Waals surface area contributed by atoms with Gasteiger partial charge in [-0.25, -0.2) is 9.97 Å². The molecule has 5 heteroatoms. The summed E-state index contributed by atoms with van der Waals surface area (Å²) >= 11 is 3.55. The average molecular weight is 335 g/mol. The number of hydrogen-bond acceptors (Lipinski definition) is 5. The van der Waals surface area contributed by atoms with Crippen molar-refractivity contribution in [3.8, 4) is 0 Å². The molecule has 0 aliphatic carbocycles. The molecule has 0 fully saturated rings. The smallest absolute Gasteiger partial charge is 0.131 e. The van der Waals surface area contributed by atoms with E-state index < -0.39 is 0 Å². The number of aryl methyl sites for hydroxylation is 1. The number of thiophene rings is 1. The van der Waals surface area contributed by atoms with E-state index in [2.05, 4.69) is 34.3 Å². The van der Waals surface area contributed by atoms with Gasteiger partial charge in [0.2, 0.25) is 0 Å². The van der Waals surface area contributed by atoms with Crippen LogP contribution in [-0.4, -0.2) is 21.3 Å². The van der Waals surface area contributed by atoms with Gasteiger partial charge >= 0.3 is 0 Å². The Morgan fingerprint density at radius 2 is 2.18 bits per heavy atom. The van der Waals surface area contributed by atoms with Gasteiger partial charge in [-0.3, -0.25) is 0 Å². The molecule has 2 aromatic heterocycles. The molecule has 0 saturated heterocycles. The molecule has 0 amide bonds. The Morgan fingerprint density at radius 3 is 2.86 bits per heavy atom. The van der Waals surface area contributed by atoms with E-state index in [0.29, 0.717) is 6.61 Å². The monoisotopic (exact) mass is 334 g/mol. The second kappa shape index (κ2) is 5.95. The zero-order valence-corrected chi connectivity index (χ0v) is 15.3. The average Bonchev–Trinajstić information content (AvgIpc) is 2.81. The summed E-state index contributed by atoms with van der Waals surface area (Å²) in [6, 6.07) is 0. The molecule has 0 radical (unpaired) electrons.